The number of alkyl halides is 3. The Balaban J connectivity index is 2.22. The summed E-state index contributed by atoms with van der Waals surface area (Å²) >= 11 is 0. The minimum absolute atomic E-state index is 0.0466. The molecule has 1 aliphatic rings. The van der Waals surface area contributed by atoms with E-state index in [0.29, 0.717) is 0 Å². The van der Waals surface area contributed by atoms with Gasteiger partial charge in [-0.15, -0.1) is 0 Å². The van der Waals surface area contributed by atoms with Gasteiger partial charge >= 0.3 is 6.18 Å². The Bertz CT molecular complexity index is 408. The highest BCUT2D eigenvalue weighted by atomic mass is 19.4. The van der Waals surface area contributed by atoms with E-state index in [1.165, 1.54) is 4.68 Å². The van der Waals surface area contributed by atoms with E-state index < -0.39 is 11.7 Å². The minimum Gasteiger partial charge on any atom is -0.325 e. The number of halogens is 3. The molecule has 3 nitrogen and oxygen atoms in total. The van der Waals surface area contributed by atoms with Crippen LogP contribution in [-0.4, -0.2) is 15.8 Å². The highest BCUT2D eigenvalue weighted by Crippen LogP contribution is 2.42. The van der Waals surface area contributed by atoms with Crippen molar-refractivity contribution in [3.63, 3.8) is 0 Å². The lowest BCUT2D eigenvalue weighted by molar-refractivity contribution is -0.137. The molecule has 1 aromatic heterocycles. The molecule has 1 aromatic rings. The van der Waals surface area contributed by atoms with Gasteiger partial charge in [-0.2, -0.15) is 18.3 Å². The molecule has 0 aromatic carbocycles. The van der Waals surface area contributed by atoms with Crippen molar-refractivity contribution in [2.75, 3.05) is 0 Å². The van der Waals surface area contributed by atoms with Crippen molar-refractivity contribution in [2.45, 2.75) is 44.9 Å². The SMILES string of the molecule is CC1(C)CCC(n2cc(C(F)(F)F)cn2)C1N. The second-order valence-electron chi connectivity index (χ2n) is 5.33. The van der Waals surface area contributed by atoms with E-state index in [4.69, 9.17) is 5.73 Å². The van der Waals surface area contributed by atoms with Crippen LogP contribution in [0.1, 0.15) is 38.3 Å². The summed E-state index contributed by atoms with van der Waals surface area (Å²) in [7, 11) is 0. The number of hydrogen-bond donors (Lipinski definition) is 1. The van der Waals surface area contributed by atoms with Crippen LogP contribution in [0.5, 0.6) is 0 Å². The van der Waals surface area contributed by atoms with Gasteiger partial charge in [-0.05, 0) is 18.3 Å². The van der Waals surface area contributed by atoms with Crippen LogP contribution in [-0.2, 0) is 6.18 Å². The number of hydrogen-bond acceptors (Lipinski definition) is 2. The fraction of sp³-hybridized carbons (Fsp3) is 0.727. The van der Waals surface area contributed by atoms with E-state index in [1.807, 2.05) is 13.8 Å². The Kier molecular flexibility index (Phi) is 2.72. The normalized spacial score (nSPS) is 28.6. The van der Waals surface area contributed by atoms with Gasteiger partial charge in [0.15, 0.2) is 0 Å². The first-order chi connectivity index (χ1) is 7.72. The number of nitrogens with two attached hydrogens (primary N) is 1. The van der Waals surface area contributed by atoms with Crippen LogP contribution in [0, 0.1) is 5.41 Å². The summed E-state index contributed by atoms with van der Waals surface area (Å²) in [6.07, 6.45) is -0.756. The van der Waals surface area contributed by atoms with Gasteiger partial charge in [-0.25, -0.2) is 0 Å². The lowest BCUT2D eigenvalue weighted by atomic mass is 9.87. The average Bonchev–Trinajstić information content (AvgIpc) is 2.73. The van der Waals surface area contributed by atoms with Crippen LogP contribution in [0.25, 0.3) is 0 Å². The van der Waals surface area contributed by atoms with Crippen LogP contribution < -0.4 is 5.73 Å². The molecule has 6 heteroatoms. The van der Waals surface area contributed by atoms with Gasteiger partial charge in [0.25, 0.3) is 0 Å². The van der Waals surface area contributed by atoms with Crippen molar-refractivity contribution >= 4 is 0 Å². The van der Waals surface area contributed by atoms with Gasteiger partial charge in [0.2, 0.25) is 0 Å². The Labute approximate surface area is 97.8 Å². The average molecular weight is 247 g/mol. The molecule has 2 N–H and O–H groups in total. The lowest BCUT2D eigenvalue weighted by Crippen LogP contribution is -2.38. The maximum Gasteiger partial charge on any atom is 0.419 e. The van der Waals surface area contributed by atoms with Crippen LogP contribution in [0.15, 0.2) is 12.4 Å². The molecule has 1 fully saturated rings. The first-order valence-corrected chi connectivity index (χ1v) is 5.59. The van der Waals surface area contributed by atoms with Crippen molar-refractivity contribution in [2.24, 2.45) is 11.1 Å². The third-order valence-corrected chi connectivity index (χ3v) is 3.67. The summed E-state index contributed by atoms with van der Waals surface area (Å²) in [5.41, 5.74) is 5.30. The highest BCUT2D eigenvalue weighted by Gasteiger charge is 2.41. The molecule has 1 saturated carbocycles. The van der Waals surface area contributed by atoms with Gasteiger partial charge < -0.3 is 5.73 Å². The van der Waals surface area contributed by atoms with Crippen molar-refractivity contribution in [1.82, 2.24) is 9.78 Å². The molecule has 2 rings (SSSR count). The molecule has 0 amide bonds. The van der Waals surface area contributed by atoms with Gasteiger partial charge in [0, 0.05) is 12.2 Å². The van der Waals surface area contributed by atoms with Gasteiger partial charge in [0.1, 0.15) is 0 Å². The zero-order chi connectivity index (χ0) is 12.8. The van der Waals surface area contributed by atoms with E-state index in [2.05, 4.69) is 5.10 Å². The zero-order valence-corrected chi connectivity index (χ0v) is 9.83. The second-order valence-corrected chi connectivity index (χ2v) is 5.33. The van der Waals surface area contributed by atoms with E-state index in [9.17, 15) is 13.2 Å². The molecule has 17 heavy (non-hydrogen) atoms. The fourth-order valence-corrected chi connectivity index (χ4v) is 2.35. The van der Waals surface area contributed by atoms with Crippen LogP contribution in [0.4, 0.5) is 13.2 Å². The van der Waals surface area contributed by atoms with Crippen molar-refractivity contribution in [3.8, 4) is 0 Å². The molecule has 0 spiro atoms. The fourth-order valence-electron chi connectivity index (χ4n) is 2.35. The minimum atomic E-state index is -4.34. The van der Waals surface area contributed by atoms with Gasteiger partial charge in [-0.1, -0.05) is 13.8 Å². The maximum atomic E-state index is 12.5. The predicted molar refractivity (Wildman–Crippen MR) is 57.3 cm³/mol. The first kappa shape index (κ1) is 12.4. The number of nitrogens with zero attached hydrogens (tertiary/aromatic N) is 2. The summed E-state index contributed by atoms with van der Waals surface area (Å²) in [5, 5.41) is 3.80. The molecule has 0 aliphatic heterocycles. The van der Waals surface area contributed by atoms with Crippen molar-refractivity contribution in [1.29, 1.82) is 0 Å². The molecule has 2 atom stereocenters. The molecular formula is C11H16F3N3. The summed E-state index contributed by atoms with van der Waals surface area (Å²) < 4.78 is 38.7. The van der Waals surface area contributed by atoms with Crippen LogP contribution >= 0.6 is 0 Å². The molecule has 1 aliphatic carbocycles. The zero-order valence-electron chi connectivity index (χ0n) is 9.83. The third kappa shape index (κ3) is 2.18. The molecule has 0 saturated heterocycles. The van der Waals surface area contributed by atoms with E-state index in [-0.39, 0.29) is 17.5 Å². The summed E-state index contributed by atoms with van der Waals surface area (Å²) in [4.78, 5) is 0. The molecule has 1 heterocycles. The number of aromatic nitrogens is 2. The Morgan fingerprint density at radius 1 is 1.47 bits per heavy atom. The van der Waals surface area contributed by atoms with Gasteiger partial charge in [-0.3, -0.25) is 4.68 Å². The number of rotatable bonds is 1. The van der Waals surface area contributed by atoms with E-state index in [0.717, 1.165) is 25.2 Å². The third-order valence-electron chi connectivity index (χ3n) is 3.67. The summed E-state index contributed by atoms with van der Waals surface area (Å²) in [5.74, 6) is 0. The standard InChI is InChI=1S/C11H16F3N3/c1-10(2)4-3-8(9(10)15)17-6-7(5-16-17)11(12,13)14/h5-6,8-9H,3-4,15H2,1-2H3. The van der Waals surface area contributed by atoms with E-state index in [1.54, 1.807) is 0 Å². The first-order valence-electron chi connectivity index (χ1n) is 5.59. The smallest absolute Gasteiger partial charge is 0.325 e. The van der Waals surface area contributed by atoms with Gasteiger partial charge in [0.05, 0.1) is 17.8 Å². The Morgan fingerprint density at radius 3 is 2.53 bits per heavy atom. The largest absolute Gasteiger partial charge is 0.419 e. The summed E-state index contributed by atoms with van der Waals surface area (Å²) in [6, 6.07) is -0.301. The van der Waals surface area contributed by atoms with E-state index >= 15 is 0 Å². The summed E-state index contributed by atoms with van der Waals surface area (Å²) in [6.45, 7) is 4.07. The Morgan fingerprint density at radius 2 is 2.12 bits per heavy atom. The second kappa shape index (κ2) is 3.73. The quantitative estimate of drug-likeness (QED) is 0.829. The Hall–Kier alpha value is -1.04. The van der Waals surface area contributed by atoms with Crippen molar-refractivity contribution in [3.05, 3.63) is 18.0 Å². The molecule has 0 bridgehead atoms. The van der Waals surface area contributed by atoms with Crippen molar-refractivity contribution < 1.29 is 13.2 Å². The molecule has 96 valence electrons. The maximum absolute atomic E-state index is 12.5. The predicted octanol–water partition coefficient (Wildman–Crippen LogP) is 2.59. The van der Waals surface area contributed by atoms with Crippen LogP contribution in [0.3, 0.4) is 0 Å². The molecule has 2 unspecified atom stereocenters. The van der Waals surface area contributed by atoms with Crippen LogP contribution in [0.2, 0.25) is 0 Å². The lowest BCUT2D eigenvalue weighted by Gasteiger charge is -2.26. The highest BCUT2D eigenvalue weighted by molar-refractivity contribution is 5.10. The monoisotopic (exact) mass is 247 g/mol. The molecule has 0 radical (unpaired) electrons. The molecular weight excluding hydrogens is 231 g/mol. The topological polar surface area (TPSA) is 43.8 Å².